The Labute approximate surface area is 147 Å². The van der Waals surface area contributed by atoms with Gasteiger partial charge in [0, 0.05) is 18.3 Å². The van der Waals surface area contributed by atoms with Crippen LogP contribution < -0.4 is 16.0 Å². The fourth-order valence-electron chi connectivity index (χ4n) is 3.14. The molecule has 25 heavy (non-hydrogen) atoms. The number of carbonyl (C=O) groups excluding carboxylic acids is 2. The molecule has 0 aliphatic carbocycles. The molecule has 1 heterocycles. The molecule has 1 aliphatic rings. The number of nitrogens with two attached hydrogens (primary N) is 1. The van der Waals surface area contributed by atoms with E-state index in [2.05, 4.69) is 5.32 Å². The highest BCUT2D eigenvalue weighted by molar-refractivity contribution is 5.98. The molecule has 0 bridgehead atoms. The molecular formula is C20H23N3O2. The van der Waals surface area contributed by atoms with Crippen LogP contribution in [0.25, 0.3) is 0 Å². The summed E-state index contributed by atoms with van der Waals surface area (Å²) in [4.78, 5) is 26.5. The summed E-state index contributed by atoms with van der Waals surface area (Å²) in [5.74, 6) is -0.725. The minimum absolute atomic E-state index is 0.0149. The Morgan fingerprint density at radius 2 is 1.80 bits per heavy atom. The molecule has 3 N–H and O–H groups in total. The first-order chi connectivity index (χ1) is 12.1. The first-order valence-corrected chi connectivity index (χ1v) is 8.54. The number of nitrogens with one attached hydrogen (secondary N) is 1. The van der Waals surface area contributed by atoms with E-state index in [9.17, 15) is 9.59 Å². The molecule has 0 saturated heterocycles. The van der Waals surface area contributed by atoms with Crippen LogP contribution in [0.15, 0.2) is 54.6 Å². The molecule has 2 aromatic rings. The normalized spacial score (nSPS) is 15.4. The maximum absolute atomic E-state index is 12.5. The summed E-state index contributed by atoms with van der Waals surface area (Å²) in [7, 11) is 0. The zero-order chi connectivity index (χ0) is 17.8. The average molecular weight is 337 g/mol. The Morgan fingerprint density at radius 3 is 2.56 bits per heavy atom. The molecule has 130 valence electrons. The molecule has 5 nitrogen and oxygen atoms in total. The highest BCUT2D eigenvalue weighted by Crippen LogP contribution is 2.27. The van der Waals surface area contributed by atoms with E-state index in [0.717, 1.165) is 17.7 Å². The number of fused-ring (bicyclic) bond motifs is 1. The summed E-state index contributed by atoms with van der Waals surface area (Å²) in [6.07, 6.45) is 0.852. The smallest absolute Gasteiger partial charge is 0.246 e. The van der Waals surface area contributed by atoms with Crippen LogP contribution in [-0.4, -0.2) is 24.9 Å². The summed E-state index contributed by atoms with van der Waals surface area (Å²) in [5, 5.41) is 2.73. The van der Waals surface area contributed by atoms with Gasteiger partial charge in [0.2, 0.25) is 11.8 Å². The Hall–Kier alpha value is -2.66. The Morgan fingerprint density at radius 1 is 1.12 bits per heavy atom. The molecule has 0 fully saturated rings. The number of amides is 2. The molecule has 0 aromatic heterocycles. The molecule has 1 aliphatic heterocycles. The number of anilines is 1. The van der Waals surface area contributed by atoms with E-state index in [0.29, 0.717) is 6.54 Å². The predicted molar refractivity (Wildman–Crippen MR) is 98.0 cm³/mol. The van der Waals surface area contributed by atoms with Gasteiger partial charge in [0.25, 0.3) is 0 Å². The summed E-state index contributed by atoms with van der Waals surface area (Å²) in [6, 6.07) is 17.0. The Kier molecular flexibility index (Phi) is 5.14. The van der Waals surface area contributed by atoms with E-state index in [1.165, 1.54) is 5.56 Å². The van der Waals surface area contributed by atoms with Gasteiger partial charge in [-0.3, -0.25) is 9.59 Å². The van der Waals surface area contributed by atoms with Crippen LogP contribution in [0.1, 0.15) is 24.1 Å². The van der Waals surface area contributed by atoms with Crippen molar-refractivity contribution in [2.24, 2.45) is 11.7 Å². The van der Waals surface area contributed by atoms with Crippen LogP contribution in [-0.2, 0) is 16.0 Å². The van der Waals surface area contributed by atoms with Gasteiger partial charge in [-0.05, 0) is 23.6 Å². The zero-order valence-electron chi connectivity index (χ0n) is 14.3. The van der Waals surface area contributed by atoms with Crippen LogP contribution in [0.5, 0.6) is 0 Å². The van der Waals surface area contributed by atoms with E-state index in [4.69, 9.17) is 5.73 Å². The number of hydrogen-bond donors (Lipinski definition) is 2. The van der Waals surface area contributed by atoms with E-state index in [1.54, 1.807) is 11.8 Å². The van der Waals surface area contributed by atoms with Gasteiger partial charge >= 0.3 is 0 Å². The SMILES string of the molecule is CC(C(=O)NCC(=O)N1CCc2ccccc21)C(N)c1ccccc1. The van der Waals surface area contributed by atoms with E-state index in [1.807, 2.05) is 54.6 Å². The monoisotopic (exact) mass is 337 g/mol. The molecule has 0 spiro atoms. The van der Waals surface area contributed by atoms with E-state index >= 15 is 0 Å². The van der Waals surface area contributed by atoms with Gasteiger partial charge in [0.1, 0.15) is 0 Å². The van der Waals surface area contributed by atoms with Gasteiger partial charge in [-0.2, -0.15) is 0 Å². The van der Waals surface area contributed by atoms with Gasteiger partial charge < -0.3 is 16.0 Å². The summed E-state index contributed by atoms with van der Waals surface area (Å²) < 4.78 is 0. The summed E-state index contributed by atoms with van der Waals surface area (Å²) >= 11 is 0. The fourth-order valence-corrected chi connectivity index (χ4v) is 3.14. The molecule has 5 heteroatoms. The first kappa shape index (κ1) is 17.2. The third-order valence-corrected chi connectivity index (χ3v) is 4.74. The lowest BCUT2D eigenvalue weighted by atomic mass is 9.95. The minimum Gasteiger partial charge on any atom is -0.347 e. The minimum atomic E-state index is -0.416. The number of para-hydroxylation sites is 1. The van der Waals surface area contributed by atoms with Crippen LogP contribution >= 0.6 is 0 Å². The van der Waals surface area contributed by atoms with Crippen molar-refractivity contribution in [1.82, 2.24) is 5.32 Å². The number of carbonyl (C=O) groups is 2. The molecule has 2 unspecified atom stereocenters. The molecule has 2 atom stereocenters. The maximum atomic E-state index is 12.5. The molecule has 2 amide bonds. The molecule has 3 rings (SSSR count). The zero-order valence-corrected chi connectivity index (χ0v) is 14.3. The highest BCUT2D eigenvalue weighted by atomic mass is 16.2. The number of benzene rings is 2. The predicted octanol–water partition coefficient (Wildman–Crippen LogP) is 2.03. The number of hydrogen-bond acceptors (Lipinski definition) is 3. The number of nitrogens with zero attached hydrogens (tertiary/aromatic N) is 1. The fraction of sp³-hybridized carbons (Fsp3) is 0.300. The van der Waals surface area contributed by atoms with Crippen molar-refractivity contribution in [1.29, 1.82) is 0 Å². The third-order valence-electron chi connectivity index (χ3n) is 4.74. The summed E-state index contributed by atoms with van der Waals surface area (Å²) in [6.45, 7) is 2.43. The standard InChI is InChI=1S/C20H23N3O2/c1-14(19(21)16-8-3-2-4-9-16)20(25)22-13-18(24)23-12-11-15-7-5-6-10-17(15)23/h2-10,14,19H,11-13,21H2,1H3,(H,22,25). The average Bonchev–Trinajstić information content (AvgIpc) is 3.09. The second-order valence-electron chi connectivity index (χ2n) is 6.37. The summed E-state index contributed by atoms with van der Waals surface area (Å²) in [5.41, 5.74) is 9.19. The van der Waals surface area contributed by atoms with E-state index in [-0.39, 0.29) is 18.4 Å². The molecule has 2 aromatic carbocycles. The van der Waals surface area contributed by atoms with Crippen LogP contribution in [0.2, 0.25) is 0 Å². The lowest BCUT2D eigenvalue weighted by Gasteiger charge is -2.21. The Bertz CT molecular complexity index is 761. The third kappa shape index (κ3) is 3.72. The molecule has 0 saturated carbocycles. The van der Waals surface area contributed by atoms with Gasteiger partial charge in [-0.25, -0.2) is 0 Å². The van der Waals surface area contributed by atoms with Gasteiger partial charge in [-0.15, -0.1) is 0 Å². The van der Waals surface area contributed by atoms with Gasteiger partial charge in [0.15, 0.2) is 0 Å². The molecule has 0 radical (unpaired) electrons. The molecular weight excluding hydrogens is 314 g/mol. The van der Waals surface area contributed by atoms with Crippen molar-refractivity contribution in [2.75, 3.05) is 18.0 Å². The van der Waals surface area contributed by atoms with Crippen molar-refractivity contribution >= 4 is 17.5 Å². The first-order valence-electron chi connectivity index (χ1n) is 8.54. The largest absolute Gasteiger partial charge is 0.347 e. The van der Waals surface area contributed by atoms with Gasteiger partial charge in [0.05, 0.1) is 12.5 Å². The Balaban J connectivity index is 1.56. The highest BCUT2D eigenvalue weighted by Gasteiger charge is 2.26. The lowest BCUT2D eigenvalue weighted by Crippen LogP contribution is -2.42. The van der Waals surface area contributed by atoms with Crippen LogP contribution in [0.3, 0.4) is 0 Å². The van der Waals surface area contributed by atoms with E-state index < -0.39 is 12.0 Å². The van der Waals surface area contributed by atoms with Crippen molar-refractivity contribution in [3.63, 3.8) is 0 Å². The second kappa shape index (κ2) is 7.49. The maximum Gasteiger partial charge on any atom is 0.246 e. The quantitative estimate of drug-likeness (QED) is 0.876. The van der Waals surface area contributed by atoms with Crippen molar-refractivity contribution in [3.05, 3.63) is 65.7 Å². The van der Waals surface area contributed by atoms with Gasteiger partial charge in [-0.1, -0.05) is 55.5 Å². The van der Waals surface area contributed by atoms with Crippen molar-refractivity contribution in [2.45, 2.75) is 19.4 Å². The topological polar surface area (TPSA) is 75.4 Å². The lowest BCUT2D eigenvalue weighted by molar-refractivity contribution is -0.127. The van der Waals surface area contributed by atoms with Crippen molar-refractivity contribution < 1.29 is 9.59 Å². The second-order valence-corrected chi connectivity index (χ2v) is 6.37. The van der Waals surface area contributed by atoms with Crippen LogP contribution in [0.4, 0.5) is 5.69 Å². The number of rotatable bonds is 5. The van der Waals surface area contributed by atoms with Crippen molar-refractivity contribution in [3.8, 4) is 0 Å². The van der Waals surface area contributed by atoms with Crippen LogP contribution in [0, 0.1) is 5.92 Å².